The van der Waals surface area contributed by atoms with Gasteiger partial charge in [-0.2, -0.15) is 0 Å². The molecule has 0 fully saturated rings. The van der Waals surface area contributed by atoms with Gasteiger partial charge in [0.25, 0.3) is 5.69 Å². The molecule has 1 N–H and O–H groups in total. The van der Waals surface area contributed by atoms with Gasteiger partial charge in [0.1, 0.15) is 5.75 Å². The highest BCUT2D eigenvalue weighted by atomic mass is 16.6. The Hall–Kier alpha value is -3.16. The average molecular weight is 344 g/mol. The molecule has 2 aliphatic rings. The number of nitrogens with zero attached hydrogens (tertiary/aromatic N) is 1. The third kappa shape index (κ3) is 2.65. The van der Waals surface area contributed by atoms with Crippen LogP contribution in [0.1, 0.15) is 32.3 Å². The zero-order valence-electron chi connectivity index (χ0n) is 13.9. The number of esters is 2. The molecule has 0 amide bonds. The van der Waals surface area contributed by atoms with Crippen LogP contribution in [0.3, 0.4) is 0 Å². The highest BCUT2D eigenvalue weighted by molar-refractivity contribution is 6.02. The number of nitro groups is 1. The molecule has 25 heavy (non-hydrogen) atoms. The molecule has 1 atom stereocenters. The minimum absolute atomic E-state index is 0.145. The van der Waals surface area contributed by atoms with Crippen molar-refractivity contribution in [2.75, 3.05) is 6.61 Å². The second-order valence-corrected chi connectivity index (χ2v) is 5.72. The van der Waals surface area contributed by atoms with E-state index in [1.807, 2.05) is 0 Å². The topological polar surface area (TPSA) is 108 Å². The van der Waals surface area contributed by atoms with Crippen molar-refractivity contribution in [3.8, 4) is 5.75 Å². The molecule has 2 heterocycles. The molecular weight excluding hydrogens is 328 g/mol. The first kappa shape index (κ1) is 16.7. The van der Waals surface area contributed by atoms with E-state index in [1.54, 1.807) is 20.8 Å². The molecule has 0 saturated carbocycles. The second-order valence-electron chi connectivity index (χ2n) is 5.72. The smallest absolute Gasteiger partial charge is 0.342 e. The summed E-state index contributed by atoms with van der Waals surface area (Å²) >= 11 is 0. The largest absolute Gasteiger partial charge is 0.463 e. The minimum atomic E-state index is -0.767. The number of nitro benzene ring substituents is 1. The van der Waals surface area contributed by atoms with E-state index in [9.17, 15) is 19.7 Å². The number of hydrogen-bond donors (Lipinski definition) is 1. The number of ether oxygens (including phenoxy) is 2. The number of dihydropyridines is 1. The van der Waals surface area contributed by atoms with Gasteiger partial charge in [-0.15, -0.1) is 0 Å². The van der Waals surface area contributed by atoms with Gasteiger partial charge in [-0.1, -0.05) is 0 Å². The summed E-state index contributed by atoms with van der Waals surface area (Å²) in [5.74, 6) is -1.73. The Bertz CT molecular complexity index is 868. The molecule has 1 aromatic carbocycles. The van der Waals surface area contributed by atoms with E-state index in [-0.39, 0.29) is 29.2 Å². The molecule has 0 saturated heterocycles. The first-order valence-corrected chi connectivity index (χ1v) is 7.71. The maximum atomic E-state index is 12.5. The maximum absolute atomic E-state index is 12.5. The number of allylic oxidation sites excluding steroid dienone is 2. The summed E-state index contributed by atoms with van der Waals surface area (Å²) in [6, 6.07) is 3.96. The summed E-state index contributed by atoms with van der Waals surface area (Å²) in [5, 5.41) is 14.1. The average Bonchev–Trinajstić information content (AvgIpc) is 2.54. The summed E-state index contributed by atoms with van der Waals surface area (Å²) in [6.45, 7) is 5.24. The van der Waals surface area contributed by atoms with Crippen LogP contribution >= 0.6 is 0 Å². The molecule has 130 valence electrons. The third-order valence-corrected chi connectivity index (χ3v) is 4.19. The Balaban J connectivity index is 2.24. The fourth-order valence-electron chi connectivity index (χ4n) is 3.18. The number of fused-ring (bicyclic) bond motifs is 3. The summed E-state index contributed by atoms with van der Waals surface area (Å²) in [6.07, 6.45) is 0. The van der Waals surface area contributed by atoms with Gasteiger partial charge in [-0.3, -0.25) is 10.1 Å². The predicted molar refractivity (Wildman–Crippen MR) is 86.6 cm³/mol. The molecule has 0 unspecified atom stereocenters. The van der Waals surface area contributed by atoms with Gasteiger partial charge >= 0.3 is 11.9 Å². The molecule has 1 aromatic rings. The quantitative estimate of drug-likeness (QED) is 0.388. The zero-order chi connectivity index (χ0) is 18.3. The molecule has 2 aliphatic heterocycles. The van der Waals surface area contributed by atoms with E-state index in [0.29, 0.717) is 17.0 Å². The van der Waals surface area contributed by atoms with E-state index in [0.717, 1.165) is 0 Å². The monoisotopic (exact) mass is 344 g/mol. The van der Waals surface area contributed by atoms with Crippen molar-refractivity contribution < 1.29 is 24.0 Å². The van der Waals surface area contributed by atoms with Crippen molar-refractivity contribution in [3.05, 3.63) is 56.4 Å². The normalized spacial score (nSPS) is 18.8. The summed E-state index contributed by atoms with van der Waals surface area (Å²) in [7, 11) is 0. The van der Waals surface area contributed by atoms with Crippen LogP contribution in [0.5, 0.6) is 5.75 Å². The van der Waals surface area contributed by atoms with Crippen LogP contribution in [-0.4, -0.2) is 23.5 Å². The van der Waals surface area contributed by atoms with Crippen molar-refractivity contribution in [3.63, 3.8) is 0 Å². The highest BCUT2D eigenvalue weighted by Gasteiger charge is 2.43. The number of carbonyl (C=O) groups excluding carboxylic acids is 2. The Labute approximate surface area is 143 Å². The highest BCUT2D eigenvalue weighted by Crippen LogP contribution is 2.46. The number of nitrogens with one attached hydrogen (secondary N) is 1. The molecule has 0 radical (unpaired) electrons. The van der Waals surface area contributed by atoms with Crippen LogP contribution in [0.2, 0.25) is 0 Å². The van der Waals surface area contributed by atoms with E-state index >= 15 is 0 Å². The van der Waals surface area contributed by atoms with Crippen molar-refractivity contribution in [2.24, 2.45) is 0 Å². The number of benzene rings is 1. The maximum Gasteiger partial charge on any atom is 0.342 e. The molecule has 8 nitrogen and oxygen atoms in total. The number of hydrogen-bond acceptors (Lipinski definition) is 7. The second kappa shape index (κ2) is 6.04. The zero-order valence-corrected chi connectivity index (χ0v) is 13.9. The standard InChI is InChI=1S/C17H16N2O6/c1-4-24-16(20)13-8(2)18-9(3)14-15(13)11-7-10(19(22)23)5-6-12(11)25-17(14)21/h5-7,15,18H,4H2,1-3H3/t15-/m0/s1. The SMILES string of the molecule is CCOC(=O)C1=C(C)NC(C)=C2C(=O)Oc3ccc([N+](=O)[O-])cc3[C@@H]12. The number of rotatable bonds is 3. The molecule has 3 rings (SSSR count). The molecule has 8 heteroatoms. The van der Waals surface area contributed by atoms with Crippen LogP contribution in [0.4, 0.5) is 5.69 Å². The van der Waals surface area contributed by atoms with Crippen molar-refractivity contribution in [1.82, 2.24) is 5.32 Å². The van der Waals surface area contributed by atoms with Gasteiger partial charge in [0.2, 0.25) is 0 Å². The van der Waals surface area contributed by atoms with Crippen molar-refractivity contribution in [1.29, 1.82) is 0 Å². The van der Waals surface area contributed by atoms with Gasteiger partial charge in [-0.05, 0) is 26.8 Å². The van der Waals surface area contributed by atoms with Gasteiger partial charge in [0.05, 0.1) is 28.6 Å². The Morgan fingerprint density at radius 1 is 1.36 bits per heavy atom. The molecule has 0 spiro atoms. The van der Waals surface area contributed by atoms with Crippen molar-refractivity contribution in [2.45, 2.75) is 26.7 Å². The molecule has 0 aliphatic carbocycles. The number of carbonyl (C=O) groups is 2. The molecule has 0 aromatic heterocycles. The summed E-state index contributed by atoms with van der Waals surface area (Å²) in [4.78, 5) is 35.5. The van der Waals surface area contributed by atoms with E-state index < -0.39 is 22.8 Å². The van der Waals surface area contributed by atoms with Gasteiger partial charge in [-0.25, -0.2) is 9.59 Å². The lowest BCUT2D eigenvalue weighted by atomic mass is 9.78. The Morgan fingerprint density at radius 2 is 2.08 bits per heavy atom. The van der Waals surface area contributed by atoms with Crippen molar-refractivity contribution >= 4 is 17.6 Å². The lowest BCUT2D eigenvalue weighted by Gasteiger charge is -2.33. The number of non-ortho nitro benzene ring substituents is 1. The Kier molecular flexibility index (Phi) is 4.03. The van der Waals surface area contributed by atoms with Crippen LogP contribution < -0.4 is 10.1 Å². The fraction of sp³-hybridized carbons (Fsp3) is 0.294. The van der Waals surface area contributed by atoms with Gasteiger partial charge < -0.3 is 14.8 Å². The van der Waals surface area contributed by atoms with E-state index in [4.69, 9.17) is 9.47 Å². The fourth-order valence-corrected chi connectivity index (χ4v) is 3.18. The van der Waals surface area contributed by atoms with Crippen LogP contribution in [0.25, 0.3) is 0 Å². The lowest BCUT2D eigenvalue weighted by Crippen LogP contribution is -2.36. The van der Waals surface area contributed by atoms with E-state index in [1.165, 1.54) is 18.2 Å². The predicted octanol–water partition coefficient (Wildman–Crippen LogP) is 2.31. The summed E-state index contributed by atoms with van der Waals surface area (Å²) < 4.78 is 10.4. The van der Waals surface area contributed by atoms with Crippen LogP contribution in [-0.2, 0) is 14.3 Å². The first-order chi connectivity index (χ1) is 11.8. The molecular formula is C17H16N2O6. The lowest BCUT2D eigenvalue weighted by molar-refractivity contribution is -0.385. The Morgan fingerprint density at radius 3 is 2.72 bits per heavy atom. The van der Waals surface area contributed by atoms with E-state index in [2.05, 4.69) is 5.32 Å². The minimum Gasteiger partial charge on any atom is -0.463 e. The first-order valence-electron chi connectivity index (χ1n) is 7.71. The summed E-state index contributed by atoms with van der Waals surface area (Å²) in [5.41, 5.74) is 1.83. The molecule has 0 bridgehead atoms. The van der Waals surface area contributed by atoms with Crippen LogP contribution in [0.15, 0.2) is 40.7 Å². The van der Waals surface area contributed by atoms with Gasteiger partial charge in [0, 0.05) is 29.1 Å². The van der Waals surface area contributed by atoms with Crippen LogP contribution in [0, 0.1) is 10.1 Å². The third-order valence-electron chi connectivity index (χ3n) is 4.19. The van der Waals surface area contributed by atoms with Gasteiger partial charge in [0.15, 0.2) is 0 Å².